The molecule has 3 rings (SSSR count). The molecule has 0 spiro atoms. The highest BCUT2D eigenvalue weighted by atomic mass is 127. The van der Waals surface area contributed by atoms with Gasteiger partial charge in [0.2, 0.25) is 5.91 Å². The van der Waals surface area contributed by atoms with Crippen molar-refractivity contribution in [3.63, 3.8) is 0 Å². The standard InChI is InChI=1S/C19H23ClN4OS.HI/c1-21-19(22-9-6-14-2-4-16(20)5-3-14)23-12-18(25)24-10-7-17-15(13-24)8-11-26-17;/h2-5,8,11H,6-7,9-10,12-13H2,1H3,(H2,21,22,23);1H. The predicted octanol–water partition coefficient (Wildman–Crippen LogP) is 3.31. The molecule has 0 saturated heterocycles. The first-order valence-electron chi connectivity index (χ1n) is 8.67. The van der Waals surface area contributed by atoms with E-state index >= 15 is 0 Å². The van der Waals surface area contributed by atoms with E-state index in [0.717, 1.165) is 31.0 Å². The molecule has 2 aromatic rings. The molecule has 0 saturated carbocycles. The van der Waals surface area contributed by atoms with Crippen molar-refractivity contribution in [1.29, 1.82) is 0 Å². The predicted molar refractivity (Wildman–Crippen MR) is 123 cm³/mol. The van der Waals surface area contributed by atoms with Crippen molar-refractivity contribution in [3.05, 3.63) is 56.7 Å². The Balaban J connectivity index is 0.00000261. The van der Waals surface area contributed by atoms with Crippen LogP contribution in [0.4, 0.5) is 0 Å². The Labute approximate surface area is 186 Å². The molecular formula is C19H24ClIN4OS. The summed E-state index contributed by atoms with van der Waals surface area (Å²) in [5.41, 5.74) is 2.48. The van der Waals surface area contributed by atoms with Crippen molar-refractivity contribution < 1.29 is 4.79 Å². The summed E-state index contributed by atoms with van der Waals surface area (Å²) in [6.07, 6.45) is 1.81. The van der Waals surface area contributed by atoms with E-state index in [1.165, 1.54) is 16.0 Å². The van der Waals surface area contributed by atoms with Crippen LogP contribution in [-0.4, -0.2) is 43.4 Å². The number of guanidine groups is 1. The smallest absolute Gasteiger partial charge is 0.242 e. The first kappa shape index (κ1) is 22.0. The van der Waals surface area contributed by atoms with Gasteiger partial charge in [-0.1, -0.05) is 23.7 Å². The number of thiophene rings is 1. The van der Waals surface area contributed by atoms with E-state index in [4.69, 9.17) is 11.6 Å². The Hall–Kier alpha value is -1.32. The minimum atomic E-state index is 0. The second-order valence-electron chi connectivity index (χ2n) is 6.16. The summed E-state index contributed by atoms with van der Waals surface area (Å²) in [6.45, 7) is 2.48. The molecule has 8 heteroatoms. The summed E-state index contributed by atoms with van der Waals surface area (Å²) in [7, 11) is 1.71. The molecule has 27 heavy (non-hydrogen) atoms. The SMILES string of the molecule is CN=C(NCCc1ccc(Cl)cc1)NCC(=O)N1CCc2sccc2C1.I. The van der Waals surface area contributed by atoms with Crippen molar-refractivity contribution in [2.24, 2.45) is 4.99 Å². The van der Waals surface area contributed by atoms with Crippen LogP contribution in [0, 0.1) is 0 Å². The molecule has 5 nitrogen and oxygen atoms in total. The highest BCUT2D eigenvalue weighted by Gasteiger charge is 2.21. The lowest BCUT2D eigenvalue weighted by molar-refractivity contribution is -0.130. The van der Waals surface area contributed by atoms with Crippen LogP contribution in [0.3, 0.4) is 0 Å². The maximum absolute atomic E-state index is 12.4. The number of nitrogens with one attached hydrogen (secondary N) is 2. The highest BCUT2D eigenvalue weighted by molar-refractivity contribution is 14.0. The van der Waals surface area contributed by atoms with Gasteiger partial charge in [-0.2, -0.15) is 0 Å². The molecular weight excluding hydrogens is 495 g/mol. The Morgan fingerprint density at radius 3 is 2.78 bits per heavy atom. The Kier molecular flexibility index (Phi) is 8.85. The van der Waals surface area contributed by atoms with E-state index in [0.29, 0.717) is 12.5 Å². The number of hydrogen-bond acceptors (Lipinski definition) is 3. The van der Waals surface area contributed by atoms with Gasteiger partial charge in [0.25, 0.3) is 0 Å². The molecule has 1 amide bonds. The number of fused-ring (bicyclic) bond motifs is 1. The largest absolute Gasteiger partial charge is 0.356 e. The van der Waals surface area contributed by atoms with Crippen LogP contribution in [0.25, 0.3) is 0 Å². The van der Waals surface area contributed by atoms with E-state index in [2.05, 4.69) is 27.1 Å². The number of hydrogen-bond donors (Lipinski definition) is 2. The molecule has 1 aromatic carbocycles. The zero-order chi connectivity index (χ0) is 18.4. The van der Waals surface area contributed by atoms with E-state index in [1.807, 2.05) is 29.2 Å². The number of halogens is 2. The van der Waals surface area contributed by atoms with Crippen molar-refractivity contribution in [2.45, 2.75) is 19.4 Å². The summed E-state index contributed by atoms with van der Waals surface area (Å²) in [5.74, 6) is 0.739. The monoisotopic (exact) mass is 518 g/mol. The maximum atomic E-state index is 12.4. The molecule has 1 aliphatic rings. The van der Waals surface area contributed by atoms with Gasteiger partial charge in [-0.25, -0.2) is 0 Å². The topological polar surface area (TPSA) is 56.7 Å². The molecule has 0 aliphatic carbocycles. The lowest BCUT2D eigenvalue weighted by Crippen LogP contribution is -2.46. The Morgan fingerprint density at radius 2 is 2.04 bits per heavy atom. The zero-order valence-corrected chi connectivity index (χ0v) is 19.1. The Bertz CT molecular complexity index is 778. The van der Waals surface area contributed by atoms with Crippen LogP contribution in [0.5, 0.6) is 0 Å². The van der Waals surface area contributed by atoms with Crippen LogP contribution in [-0.2, 0) is 24.2 Å². The van der Waals surface area contributed by atoms with Crippen LogP contribution in [0.2, 0.25) is 5.02 Å². The number of aliphatic imine (C=N–C) groups is 1. The summed E-state index contributed by atoms with van der Waals surface area (Å²) < 4.78 is 0. The normalized spacial score (nSPS) is 13.6. The van der Waals surface area contributed by atoms with Gasteiger partial charge in [0.15, 0.2) is 5.96 Å². The average Bonchev–Trinajstić information content (AvgIpc) is 3.13. The minimum absolute atomic E-state index is 0. The van der Waals surface area contributed by atoms with Gasteiger partial charge in [0.1, 0.15) is 0 Å². The molecule has 0 atom stereocenters. The summed E-state index contributed by atoms with van der Waals surface area (Å²) in [5, 5.41) is 9.19. The lowest BCUT2D eigenvalue weighted by Gasteiger charge is -2.27. The molecule has 0 bridgehead atoms. The number of carbonyl (C=O) groups is 1. The van der Waals surface area contributed by atoms with Crippen LogP contribution >= 0.6 is 46.9 Å². The van der Waals surface area contributed by atoms with Gasteiger partial charge < -0.3 is 15.5 Å². The fraction of sp³-hybridized carbons (Fsp3) is 0.368. The second kappa shape index (κ2) is 10.9. The fourth-order valence-corrected chi connectivity index (χ4v) is 3.95. The van der Waals surface area contributed by atoms with Crippen molar-refractivity contribution in [3.8, 4) is 0 Å². The number of benzene rings is 1. The highest BCUT2D eigenvalue weighted by Crippen LogP contribution is 2.23. The van der Waals surface area contributed by atoms with Crippen molar-refractivity contribution in [1.82, 2.24) is 15.5 Å². The molecule has 0 unspecified atom stereocenters. The fourth-order valence-electron chi connectivity index (χ4n) is 2.93. The number of amides is 1. The molecule has 1 aliphatic heterocycles. The molecule has 146 valence electrons. The summed E-state index contributed by atoms with van der Waals surface area (Å²) in [4.78, 5) is 19.9. The van der Waals surface area contributed by atoms with Gasteiger partial charge >= 0.3 is 0 Å². The summed E-state index contributed by atoms with van der Waals surface area (Å²) in [6, 6.07) is 9.92. The zero-order valence-electron chi connectivity index (χ0n) is 15.2. The van der Waals surface area contributed by atoms with E-state index < -0.39 is 0 Å². The molecule has 0 fully saturated rings. The third kappa shape index (κ3) is 6.36. The molecule has 0 radical (unpaired) electrons. The van der Waals surface area contributed by atoms with E-state index in [-0.39, 0.29) is 36.4 Å². The quantitative estimate of drug-likeness (QED) is 0.363. The lowest BCUT2D eigenvalue weighted by atomic mass is 10.1. The number of rotatable bonds is 5. The van der Waals surface area contributed by atoms with Gasteiger partial charge in [-0.15, -0.1) is 35.3 Å². The van der Waals surface area contributed by atoms with Gasteiger partial charge in [-0.05, 0) is 47.5 Å². The van der Waals surface area contributed by atoms with Crippen molar-refractivity contribution >= 4 is 58.8 Å². The summed E-state index contributed by atoms with van der Waals surface area (Å²) >= 11 is 7.67. The third-order valence-corrected chi connectivity index (χ3v) is 5.69. The first-order chi connectivity index (χ1) is 12.7. The van der Waals surface area contributed by atoms with Gasteiger partial charge in [0, 0.05) is 36.6 Å². The van der Waals surface area contributed by atoms with E-state index in [9.17, 15) is 4.79 Å². The Morgan fingerprint density at radius 1 is 1.26 bits per heavy atom. The minimum Gasteiger partial charge on any atom is -0.356 e. The number of carbonyl (C=O) groups excluding carboxylic acids is 1. The van der Waals surface area contributed by atoms with Crippen LogP contribution < -0.4 is 10.6 Å². The van der Waals surface area contributed by atoms with Gasteiger partial charge in [0.05, 0.1) is 6.54 Å². The van der Waals surface area contributed by atoms with Crippen molar-refractivity contribution in [2.75, 3.05) is 26.7 Å². The van der Waals surface area contributed by atoms with Crippen LogP contribution in [0.1, 0.15) is 16.0 Å². The molecule has 1 aromatic heterocycles. The molecule has 2 N–H and O–H groups in total. The third-order valence-electron chi connectivity index (χ3n) is 4.41. The van der Waals surface area contributed by atoms with E-state index in [1.54, 1.807) is 18.4 Å². The number of nitrogens with zero attached hydrogens (tertiary/aromatic N) is 2. The van der Waals surface area contributed by atoms with Crippen LogP contribution in [0.15, 0.2) is 40.7 Å². The first-order valence-corrected chi connectivity index (χ1v) is 9.93. The second-order valence-corrected chi connectivity index (χ2v) is 7.60. The average molecular weight is 519 g/mol. The maximum Gasteiger partial charge on any atom is 0.242 e. The van der Waals surface area contributed by atoms with Gasteiger partial charge in [-0.3, -0.25) is 9.79 Å². The molecule has 2 heterocycles.